The number of alkyl halides is 1. The van der Waals surface area contributed by atoms with Gasteiger partial charge in [0.05, 0.1) is 19.3 Å². The van der Waals surface area contributed by atoms with Crippen LogP contribution in [0.3, 0.4) is 0 Å². The largest absolute Gasteiger partial charge is 0.403 e. The average Bonchev–Trinajstić information content (AvgIpc) is 3.16. The van der Waals surface area contributed by atoms with Gasteiger partial charge < -0.3 is 13.9 Å². The van der Waals surface area contributed by atoms with E-state index in [1.807, 2.05) is 86.7 Å². The van der Waals surface area contributed by atoms with Gasteiger partial charge in [-0.3, -0.25) is 4.79 Å². The quantitative estimate of drug-likeness (QED) is 0.101. The predicted octanol–water partition coefficient (Wildman–Crippen LogP) is 6.18. The molecule has 2 aliphatic rings. The SMILES string of the molecule is CC1(C)C(CO[Si](c2ccccc2)(c2ccccc2)C(C)(C)C)=C[C@H](OCc2ccccc2)[C@]2(C)C(=O)OC(=O)[C@]12Cl. The fourth-order valence-corrected chi connectivity index (χ4v) is 11.6. The third-order valence-corrected chi connectivity index (χ3v) is 15.3. The molecule has 0 radical (unpaired) electrons. The van der Waals surface area contributed by atoms with Gasteiger partial charge in [0.25, 0.3) is 8.32 Å². The standard InChI is InChI=1S/C35H39ClO5Si/c1-32(2,3)42(27-18-12-8-13-19-27,28-20-14-9-15-21-28)40-24-26-22-29(39-23-25-16-10-7-11-17-25)34(6)30(37)41-31(38)35(34,36)33(26,4)5/h7-22,29H,23-24H2,1-6H3/t29-,34+,35-/m0/s1. The Morgan fingerprint density at radius 2 is 1.29 bits per heavy atom. The number of rotatable bonds is 8. The number of fused-ring (bicyclic) bond motifs is 1. The van der Waals surface area contributed by atoms with E-state index < -0.39 is 42.1 Å². The Morgan fingerprint density at radius 3 is 1.79 bits per heavy atom. The molecule has 1 aliphatic carbocycles. The van der Waals surface area contributed by atoms with Gasteiger partial charge in [-0.05, 0) is 33.5 Å². The summed E-state index contributed by atoms with van der Waals surface area (Å²) in [5.41, 5.74) is -0.662. The van der Waals surface area contributed by atoms with Gasteiger partial charge in [-0.2, -0.15) is 0 Å². The highest BCUT2D eigenvalue weighted by Crippen LogP contribution is 2.62. The van der Waals surface area contributed by atoms with Crippen molar-refractivity contribution in [3.8, 4) is 0 Å². The first-order chi connectivity index (χ1) is 19.8. The van der Waals surface area contributed by atoms with Crippen molar-refractivity contribution in [3.63, 3.8) is 0 Å². The molecular formula is C35H39ClO5Si. The molecule has 0 saturated carbocycles. The van der Waals surface area contributed by atoms with Crippen LogP contribution in [0.4, 0.5) is 0 Å². The second-order valence-corrected chi connectivity index (χ2v) is 17.9. The predicted molar refractivity (Wildman–Crippen MR) is 168 cm³/mol. The number of halogens is 1. The van der Waals surface area contributed by atoms with Crippen LogP contribution >= 0.6 is 11.6 Å². The van der Waals surface area contributed by atoms with Crippen molar-refractivity contribution in [3.05, 3.63) is 108 Å². The molecule has 1 aliphatic heterocycles. The van der Waals surface area contributed by atoms with Crippen LogP contribution in [0, 0.1) is 10.8 Å². The number of carbonyl (C=O) groups excluding carboxylic acids is 2. The fraction of sp³-hybridized carbons (Fsp3) is 0.371. The van der Waals surface area contributed by atoms with Gasteiger partial charge in [-0.25, -0.2) is 4.79 Å². The number of carbonyl (C=O) groups is 2. The topological polar surface area (TPSA) is 61.8 Å². The van der Waals surface area contributed by atoms with Crippen molar-refractivity contribution in [2.45, 2.75) is 64.2 Å². The number of hydrogen-bond acceptors (Lipinski definition) is 5. The second kappa shape index (κ2) is 10.9. The first-order valence-corrected chi connectivity index (χ1v) is 16.7. The Kier molecular flexibility index (Phi) is 7.90. The molecule has 0 aromatic heterocycles. The van der Waals surface area contributed by atoms with Crippen molar-refractivity contribution in [1.29, 1.82) is 0 Å². The molecule has 0 spiro atoms. The molecule has 0 amide bonds. The molecule has 220 valence electrons. The van der Waals surface area contributed by atoms with Crippen LogP contribution in [-0.4, -0.2) is 37.8 Å². The van der Waals surface area contributed by atoms with E-state index in [0.29, 0.717) is 0 Å². The normalized spacial score (nSPS) is 25.5. The summed E-state index contributed by atoms with van der Waals surface area (Å²) in [6, 6.07) is 30.5. The summed E-state index contributed by atoms with van der Waals surface area (Å²) < 4.78 is 18.9. The number of cyclic esters (lactones) is 2. The van der Waals surface area contributed by atoms with Crippen LogP contribution in [0.2, 0.25) is 5.04 Å². The molecule has 1 saturated heterocycles. The molecule has 42 heavy (non-hydrogen) atoms. The van der Waals surface area contributed by atoms with E-state index in [0.717, 1.165) is 21.5 Å². The monoisotopic (exact) mass is 602 g/mol. The van der Waals surface area contributed by atoms with E-state index in [1.54, 1.807) is 6.92 Å². The zero-order valence-electron chi connectivity index (χ0n) is 25.1. The van der Waals surface area contributed by atoms with Gasteiger partial charge in [0, 0.05) is 5.41 Å². The number of ether oxygens (including phenoxy) is 2. The van der Waals surface area contributed by atoms with Crippen LogP contribution in [0.5, 0.6) is 0 Å². The maximum Gasteiger partial charge on any atom is 0.337 e. The molecule has 5 nitrogen and oxygen atoms in total. The average molecular weight is 603 g/mol. The maximum absolute atomic E-state index is 13.4. The van der Waals surface area contributed by atoms with Crippen LogP contribution < -0.4 is 10.4 Å². The highest BCUT2D eigenvalue weighted by Gasteiger charge is 2.76. The minimum atomic E-state index is -2.90. The van der Waals surface area contributed by atoms with E-state index in [9.17, 15) is 9.59 Å². The maximum atomic E-state index is 13.4. The molecule has 0 bridgehead atoms. The molecule has 1 fully saturated rings. The van der Waals surface area contributed by atoms with E-state index >= 15 is 0 Å². The summed E-state index contributed by atoms with van der Waals surface area (Å²) in [5, 5.41) is 2.06. The summed E-state index contributed by atoms with van der Waals surface area (Å²) in [4.78, 5) is 25.1. The molecule has 3 atom stereocenters. The van der Waals surface area contributed by atoms with Crippen LogP contribution in [-0.2, 0) is 30.1 Å². The van der Waals surface area contributed by atoms with E-state index in [-0.39, 0.29) is 18.3 Å². The Balaban J connectivity index is 1.61. The summed E-state index contributed by atoms with van der Waals surface area (Å²) in [6.07, 6.45) is 1.14. The lowest BCUT2D eigenvalue weighted by Gasteiger charge is -2.52. The zero-order chi connectivity index (χ0) is 30.4. The number of benzene rings is 3. The summed E-state index contributed by atoms with van der Waals surface area (Å²) in [6.45, 7) is 12.6. The summed E-state index contributed by atoms with van der Waals surface area (Å²) in [5.74, 6) is -1.41. The molecule has 0 N–H and O–H groups in total. The first-order valence-electron chi connectivity index (χ1n) is 14.4. The summed E-state index contributed by atoms with van der Waals surface area (Å²) >= 11 is 7.34. The molecule has 3 aromatic carbocycles. The van der Waals surface area contributed by atoms with Crippen LogP contribution in [0.15, 0.2) is 103 Å². The first kappa shape index (κ1) is 30.4. The lowest BCUT2D eigenvalue weighted by molar-refractivity contribution is -0.157. The minimum absolute atomic E-state index is 0.206. The molecule has 5 rings (SSSR count). The van der Waals surface area contributed by atoms with Crippen molar-refractivity contribution < 1.29 is 23.5 Å². The molecular weight excluding hydrogens is 564 g/mol. The number of esters is 2. The Labute approximate surface area is 255 Å². The smallest absolute Gasteiger partial charge is 0.337 e. The van der Waals surface area contributed by atoms with Gasteiger partial charge in [0.2, 0.25) is 0 Å². The van der Waals surface area contributed by atoms with Gasteiger partial charge in [0.15, 0.2) is 4.87 Å². The lowest BCUT2D eigenvalue weighted by atomic mass is 9.55. The fourth-order valence-electron chi connectivity index (χ4n) is 6.76. The Hall–Kier alpha value is -3.03. The molecule has 3 aromatic rings. The van der Waals surface area contributed by atoms with E-state index in [2.05, 4.69) is 45.0 Å². The van der Waals surface area contributed by atoms with Gasteiger partial charge in [-0.1, -0.05) is 132 Å². The van der Waals surface area contributed by atoms with Crippen molar-refractivity contribution in [1.82, 2.24) is 0 Å². The molecule has 1 heterocycles. The minimum Gasteiger partial charge on any atom is -0.403 e. The summed E-state index contributed by atoms with van der Waals surface area (Å²) in [7, 11) is -2.90. The number of hydrogen-bond donors (Lipinski definition) is 0. The van der Waals surface area contributed by atoms with Crippen molar-refractivity contribution >= 4 is 42.2 Å². The van der Waals surface area contributed by atoms with Gasteiger partial charge in [0.1, 0.15) is 5.41 Å². The highest BCUT2D eigenvalue weighted by atomic mass is 35.5. The zero-order valence-corrected chi connectivity index (χ0v) is 26.9. The third-order valence-electron chi connectivity index (χ3n) is 9.33. The molecule has 0 unspecified atom stereocenters. The molecule has 7 heteroatoms. The second-order valence-electron chi connectivity index (χ2n) is 13.0. The third kappa shape index (κ3) is 4.51. The lowest BCUT2D eigenvalue weighted by Crippen LogP contribution is -2.67. The van der Waals surface area contributed by atoms with Crippen LogP contribution in [0.1, 0.15) is 47.1 Å². The van der Waals surface area contributed by atoms with Crippen molar-refractivity contribution in [2.75, 3.05) is 6.61 Å². The van der Waals surface area contributed by atoms with Gasteiger partial charge in [-0.15, -0.1) is 11.6 Å². The highest BCUT2D eigenvalue weighted by molar-refractivity contribution is 6.99. The van der Waals surface area contributed by atoms with E-state index in [4.69, 9.17) is 25.5 Å². The van der Waals surface area contributed by atoms with Crippen LogP contribution in [0.25, 0.3) is 0 Å². The van der Waals surface area contributed by atoms with E-state index in [1.165, 1.54) is 0 Å². The Morgan fingerprint density at radius 1 is 0.786 bits per heavy atom. The Bertz CT molecular complexity index is 1440. The van der Waals surface area contributed by atoms with Gasteiger partial charge >= 0.3 is 11.9 Å². The van der Waals surface area contributed by atoms with Crippen molar-refractivity contribution in [2.24, 2.45) is 10.8 Å².